The van der Waals surface area contributed by atoms with Crippen LogP contribution >= 0.6 is 0 Å². The van der Waals surface area contributed by atoms with Crippen molar-refractivity contribution in [3.8, 4) is 5.75 Å². The second-order valence-electron chi connectivity index (χ2n) is 7.52. The average molecular weight is 410 g/mol. The maximum absolute atomic E-state index is 11.8. The van der Waals surface area contributed by atoms with E-state index in [0.717, 1.165) is 21.9 Å². The number of carbonyl (C=O) groups excluding carboxylic acids is 1. The van der Waals surface area contributed by atoms with Crippen molar-refractivity contribution < 1.29 is 14.3 Å². The Morgan fingerprint density at radius 2 is 1.58 bits per heavy atom. The Hall–Kier alpha value is -3.86. The lowest BCUT2D eigenvalue weighted by Crippen LogP contribution is -2.29. The zero-order valence-electron chi connectivity index (χ0n) is 17.2. The predicted octanol–water partition coefficient (Wildman–Crippen LogP) is 5.35. The van der Waals surface area contributed by atoms with E-state index in [-0.39, 0.29) is 12.6 Å². The first-order valence-corrected chi connectivity index (χ1v) is 10.3. The molecule has 0 aliphatic carbocycles. The first-order chi connectivity index (χ1) is 15.2. The Morgan fingerprint density at radius 1 is 0.903 bits per heavy atom. The number of fused-ring (bicyclic) bond motifs is 4. The third-order valence-electron chi connectivity index (χ3n) is 5.42. The topological polar surface area (TPSA) is 53.4 Å². The van der Waals surface area contributed by atoms with E-state index in [0.29, 0.717) is 12.3 Å². The molecule has 5 aromatic rings. The fraction of sp³-hybridized carbons (Fsp3) is 0.154. The van der Waals surface area contributed by atoms with Crippen LogP contribution in [0.2, 0.25) is 0 Å². The van der Waals surface area contributed by atoms with Crippen LogP contribution in [0.25, 0.3) is 32.7 Å². The Balaban J connectivity index is 1.48. The van der Waals surface area contributed by atoms with Gasteiger partial charge in [0.25, 0.3) is 0 Å². The van der Waals surface area contributed by atoms with Gasteiger partial charge in [-0.25, -0.2) is 0 Å². The van der Waals surface area contributed by atoms with Gasteiger partial charge in [-0.15, -0.1) is 0 Å². The van der Waals surface area contributed by atoms with Gasteiger partial charge >= 0.3 is 5.97 Å². The molecule has 5 nitrogen and oxygen atoms in total. The van der Waals surface area contributed by atoms with Gasteiger partial charge in [-0.2, -0.15) is 0 Å². The molecule has 3 aromatic carbocycles. The molecular formula is C26H22N2O3. The summed E-state index contributed by atoms with van der Waals surface area (Å²) in [5, 5.41) is 3.36. The van der Waals surface area contributed by atoms with Crippen LogP contribution in [0.3, 0.4) is 0 Å². The number of esters is 1. The molecular weight excluding hydrogens is 388 g/mol. The van der Waals surface area contributed by atoms with Crippen LogP contribution in [0.15, 0.2) is 85.1 Å². The Bertz CT molecular complexity index is 1330. The van der Waals surface area contributed by atoms with E-state index >= 15 is 0 Å². The van der Waals surface area contributed by atoms with Gasteiger partial charge in [0.15, 0.2) is 6.10 Å². The number of ether oxygens (including phenoxy) is 2. The Morgan fingerprint density at radius 3 is 2.29 bits per heavy atom. The van der Waals surface area contributed by atoms with Crippen molar-refractivity contribution in [2.75, 3.05) is 6.61 Å². The molecule has 0 spiro atoms. The molecule has 154 valence electrons. The highest BCUT2D eigenvalue weighted by Crippen LogP contribution is 2.29. The first-order valence-electron chi connectivity index (χ1n) is 10.3. The number of hydrogen-bond donors (Lipinski definition) is 0. The third kappa shape index (κ3) is 3.70. The van der Waals surface area contributed by atoms with Crippen LogP contribution < -0.4 is 4.74 Å². The van der Waals surface area contributed by atoms with E-state index in [9.17, 15) is 4.79 Å². The van der Waals surface area contributed by atoms with Crippen molar-refractivity contribution in [1.29, 1.82) is 0 Å². The summed E-state index contributed by atoms with van der Waals surface area (Å²) >= 11 is 0. The molecule has 0 saturated heterocycles. The lowest BCUT2D eigenvalue weighted by molar-refractivity contribution is -0.148. The number of rotatable bonds is 6. The molecule has 0 saturated carbocycles. The zero-order chi connectivity index (χ0) is 21.2. The molecule has 0 aliphatic heterocycles. The summed E-state index contributed by atoms with van der Waals surface area (Å²) in [6.07, 6.45) is 1.30. The highest BCUT2D eigenvalue weighted by molar-refractivity contribution is 6.07. The van der Waals surface area contributed by atoms with Gasteiger partial charge in [0.05, 0.1) is 6.54 Å². The number of hydrogen-bond acceptors (Lipinski definition) is 4. The van der Waals surface area contributed by atoms with Crippen molar-refractivity contribution in [1.82, 2.24) is 9.55 Å². The van der Waals surface area contributed by atoms with Crippen molar-refractivity contribution in [2.24, 2.45) is 0 Å². The minimum atomic E-state index is -0.448. The quantitative estimate of drug-likeness (QED) is 0.354. The molecule has 1 unspecified atom stereocenters. The fourth-order valence-electron chi connectivity index (χ4n) is 4.14. The molecule has 5 rings (SSSR count). The molecule has 0 fully saturated rings. The zero-order valence-corrected chi connectivity index (χ0v) is 17.2. The molecule has 2 heterocycles. The molecule has 0 aliphatic rings. The maximum atomic E-state index is 11.8. The van der Waals surface area contributed by atoms with Crippen molar-refractivity contribution in [3.05, 3.63) is 85.1 Å². The highest BCUT2D eigenvalue weighted by atomic mass is 16.6. The van der Waals surface area contributed by atoms with Crippen LogP contribution in [-0.4, -0.2) is 28.2 Å². The molecule has 31 heavy (non-hydrogen) atoms. The largest absolute Gasteiger partial charge is 0.487 e. The smallest absolute Gasteiger partial charge is 0.303 e. The van der Waals surface area contributed by atoms with Crippen molar-refractivity contribution in [2.45, 2.75) is 19.6 Å². The second-order valence-corrected chi connectivity index (χ2v) is 7.52. The Kier molecular flexibility index (Phi) is 5.00. The van der Waals surface area contributed by atoms with E-state index in [2.05, 4.69) is 33.8 Å². The summed E-state index contributed by atoms with van der Waals surface area (Å²) in [6, 6.07) is 26.3. The van der Waals surface area contributed by atoms with Gasteiger partial charge in [0, 0.05) is 40.3 Å². The average Bonchev–Trinajstić information content (AvgIpc) is 3.11. The van der Waals surface area contributed by atoms with Gasteiger partial charge in [0.1, 0.15) is 17.9 Å². The van der Waals surface area contributed by atoms with E-state index in [1.165, 1.54) is 17.7 Å². The molecule has 2 aromatic heterocycles. The van der Waals surface area contributed by atoms with Gasteiger partial charge in [-0.3, -0.25) is 9.78 Å². The second kappa shape index (κ2) is 8.11. The summed E-state index contributed by atoms with van der Waals surface area (Å²) in [5.74, 6) is 0.350. The summed E-state index contributed by atoms with van der Waals surface area (Å²) in [5.41, 5.74) is 3.00. The van der Waals surface area contributed by atoms with Gasteiger partial charge < -0.3 is 14.0 Å². The van der Waals surface area contributed by atoms with E-state index in [1.807, 2.05) is 54.6 Å². The number of pyridine rings is 1. The lowest BCUT2D eigenvalue weighted by Gasteiger charge is -2.20. The van der Waals surface area contributed by atoms with Crippen LogP contribution in [0, 0.1) is 0 Å². The predicted molar refractivity (Wildman–Crippen MR) is 122 cm³/mol. The normalized spacial score (nSPS) is 12.3. The van der Waals surface area contributed by atoms with E-state index in [1.54, 1.807) is 6.20 Å². The molecule has 1 atom stereocenters. The highest BCUT2D eigenvalue weighted by Gasteiger charge is 2.19. The van der Waals surface area contributed by atoms with Gasteiger partial charge in [-0.1, -0.05) is 54.6 Å². The standard InChI is InChI=1S/C26H22N2O3/c1-18(29)31-20(17-30-25-14-6-8-19-9-7-15-27-26(19)25)16-28-23-12-4-2-10-21(23)22-11-3-5-13-24(22)28/h2-15,20H,16-17H2,1H3. The number of benzene rings is 3. The number of carbonyl (C=O) groups is 1. The summed E-state index contributed by atoms with van der Waals surface area (Å²) in [7, 11) is 0. The third-order valence-corrected chi connectivity index (χ3v) is 5.42. The number of aromatic nitrogens is 2. The maximum Gasteiger partial charge on any atom is 0.303 e. The van der Waals surface area contributed by atoms with E-state index < -0.39 is 6.10 Å². The van der Waals surface area contributed by atoms with Crippen LogP contribution in [-0.2, 0) is 16.1 Å². The molecule has 0 bridgehead atoms. The molecule has 0 amide bonds. The van der Waals surface area contributed by atoms with Gasteiger partial charge in [-0.05, 0) is 24.3 Å². The minimum Gasteiger partial charge on any atom is -0.487 e. The minimum absolute atomic E-state index is 0.232. The molecule has 5 heteroatoms. The number of nitrogens with zero attached hydrogens (tertiary/aromatic N) is 2. The summed E-state index contributed by atoms with van der Waals surface area (Å²) in [4.78, 5) is 16.3. The SMILES string of the molecule is CC(=O)OC(COc1cccc2cccnc12)Cn1c2ccccc2c2ccccc21. The van der Waals surface area contributed by atoms with Crippen molar-refractivity contribution in [3.63, 3.8) is 0 Å². The van der Waals surface area contributed by atoms with Crippen LogP contribution in [0.5, 0.6) is 5.75 Å². The van der Waals surface area contributed by atoms with Gasteiger partial charge in [0.2, 0.25) is 0 Å². The van der Waals surface area contributed by atoms with Crippen molar-refractivity contribution >= 4 is 38.7 Å². The number of para-hydroxylation sites is 3. The summed E-state index contributed by atoms with van der Waals surface area (Å²) in [6.45, 7) is 2.15. The van der Waals surface area contributed by atoms with Crippen LogP contribution in [0.4, 0.5) is 0 Å². The monoisotopic (exact) mass is 410 g/mol. The fourth-order valence-corrected chi connectivity index (χ4v) is 4.14. The first kappa shape index (κ1) is 19.1. The summed E-state index contributed by atoms with van der Waals surface area (Å²) < 4.78 is 13.9. The Labute approximate surface area is 179 Å². The van der Waals surface area contributed by atoms with E-state index in [4.69, 9.17) is 9.47 Å². The molecule has 0 radical (unpaired) electrons. The van der Waals surface area contributed by atoms with Crippen LogP contribution in [0.1, 0.15) is 6.92 Å². The molecule has 0 N–H and O–H groups in total. The lowest BCUT2D eigenvalue weighted by atomic mass is 10.2.